The molecule has 1 aromatic heterocycles. The summed E-state index contributed by atoms with van der Waals surface area (Å²) < 4.78 is 5.82. The topological polar surface area (TPSA) is 83.1 Å². The molecule has 0 radical (unpaired) electrons. The van der Waals surface area contributed by atoms with Crippen LogP contribution in [0.15, 0.2) is 75.8 Å². The molecule has 144 valence electrons. The molecule has 6 nitrogen and oxygen atoms in total. The monoisotopic (exact) mass is 386 g/mol. The van der Waals surface area contributed by atoms with E-state index in [1.54, 1.807) is 43.3 Å². The van der Waals surface area contributed by atoms with Crippen molar-refractivity contribution in [1.82, 2.24) is 0 Å². The molecule has 0 fully saturated rings. The normalized spacial score (nSPS) is 15.1. The zero-order chi connectivity index (χ0) is 20.5. The number of carboxylic acid groups (broad SMARTS) is 1. The molecule has 0 saturated carbocycles. The number of benzene rings is 2. The molecule has 4 rings (SSSR count). The molecular formula is C23H18N2O4. The summed E-state index contributed by atoms with van der Waals surface area (Å²) in [5.41, 5.74) is 3.69. The number of aryl methyl sites for hydroxylation is 1. The molecule has 1 N–H and O–H groups in total. The molecule has 0 unspecified atom stereocenters. The Morgan fingerprint density at radius 2 is 1.83 bits per heavy atom. The molecule has 2 aromatic carbocycles. The van der Waals surface area contributed by atoms with Crippen molar-refractivity contribution in [3.8, 4) is 11.3 Å². The summed E-state index contributed by atoms with van der Waals surface area (Å²) in [5, 5.41) is 14.9. The molecule has 0 spiro atoms. The maximum absolute atomic E-state index is 12.8. The van der Waals surface area contributed by atoms with E-state index in [1.165, 1.54) is 11.1 Å². The second-order valence-corrected chi connectivity index (χ2v) is 6.78. The van der Waals surface area contributed by atoms with Gasteiger partial charge < -0.3 is 9.52 Å². The maximum atomic E-state index is 12.8. The second kappa shape index (κ2) is 7.24. The first-order valence-electron chi connectivity index (χ1n) is 9.04. The van der Waals surface area contributed by atoms with E-state index in [4.69, 9.17) is 9.52 Å². The third-order valence-electron chi connectivity index (χ3n) is 4.65. The SMILES string of the molecule is CC1=NN(c2ccc(C)cc2)C(=O)/C1=C/c1ccc(-c2cccc(C(=O)O)c2)o1. The van der Waals surface area contributed by atoms with Crippen LogP contribution in [-0.2, 0) is 4.79 Å². The van der Waals surface area contributed by atoms with E-state index in [9.17, 15) is 9.59 Å². The number of carbonyl (C=O) groups excluding carboxylic acids is 1. The zero-order valence-corrected chi connectivity index (χ0v) is 15.9. The molecular weight excluding hydrogens is 368 g/mol. The average molecular weight is 386 g/mol. The van der Waals surface area contributed by atoms with Crippen LogP contribution in [0.2, 0.25) is 0 Å². The quantitative estimate of drug-likeness (QED) is 0.656. The van der Waals surface area contributed by atoms with Gasteiger partial charge in [0.2, 0.25) is 0 Å². The van der Waals surface area contributed by atoms with E-state index < -0.39 is 5.97 Å². The molecule has 1 aliphatic rings. The number of anilines is 1. The van der Waals surface area contributed by atoms with Gasteiger partial charge in [-0.25, -0.2) is 4.79 Å². The van der Waals surface area contributed by atoms with Crippen molar-refractivity contribution in [2.24, 2.45) is 5.10 Å². The summed E-state index contributed by atoms with van der Waals surface area (Å²) in [6.45, 7) is 3.76. The summed E-state index contributed by atoms with van der Waals surface area (Å²) in [4.78, 5) is 24.0. The van der Waals surface area contributed by atoms with Crippen LogP contribution >= 0.6 is 0 Å². The van der Waals surface area contributed by atoms with Crippen molar-refractivity contribution >= 4 is 29.4 Å². The van der Waals surface area contributed by atoms with Gasteiger partial charge in [-0.2, -0.15) is 10.1 Å². The summed E-state index contributed by atoms with van der Waals surface area (Å²) in [6, 6.07) is 17.6. The summed E-state index contributed by atoms with van der Waals surface area (Å²) in [6.07, 6.45) is 1.65. The van der Waals surface area contributed by atoms with Gasteiger partial charge in [0.1, 0.15) is 11.5 Å². The molecule has 6 heteroatoms. The third kappa shape index (κ3) is 3.60. The minimum absolute atomic E-state index is 0.182. The van der Waals surface area contributed by atoms with Gasteiger partial charge in [-0.1, -0.05) is 29.8 Å². The molecule has 0 atom stereocenters. The molecule has 3 aromatic rings. The van der Waals surface area contributed by atoms with Gasteiger partial charge in [0.15, 0.2) is 0 Å². The molecule has 1 amide bonds. The largest absolute Gasteiger partial charge is 0.478 e. The van der Waals surface area contributed by atoms with Crippen LogP contribution in [0, 0.1) is 6.92 Å². The van der Waals surface area contributed by atoms with Crippen molar-refractivity contribution < 1.29 is 19.1 Å². The van der Waals surface area contributed by atoms with Crippen LogP contribution in [0.4, 0.5) is 5.69 Å². The van der Waals surface area contributed by atoms with Crippen molar-refractivity contribution in [2.75, 3.05) is 5.01 Å². The Morgan fingerprint density at radius 3 is 2.55 bits per heavy atom. The minimum Gasteiger partial charge on any atom is -0.478 e. The predicted octanol–water partition coefficient (Wildman–Crippen LogP) is 4.76. The summed E-state index contributed by atoms with van der Waals surface area (Å²) >= 11 is 0. The lowest BCUT2D eigenvalue weighted by Gasteiger charge is -2.11. The van der Waals surface area contributed by atoms with Crippen LogP contribution in [0.1, 0.15) is 28.6 Å². The number of hydrazone groups is 1. The van der Waals surface area contributed by atoms with E-state index in [-0.39, 0.29) is 11.5 Å². The van der Waals surface area contributed by atoms with Gasteiger partial charge in [-0.15, -0.1) is 0 Å². The van der Waals surface area contributed by atoms with Gasteiger partial charge in [-0.3, -0.25) is 4.79 Å². The number of nitrogens with zero attached hydrogens (tertiary/aromatic N) is 2. The fourth-order valence-corrected chi connectivity index (χ4v) is 3.08. The minimum atomic E-state index is -1.000. The molecule has 2 heterocycles. The highest BCUT2D eigenvalue weighted by molar-refractivity contribution is 6.32. The van der Waals surface area contributed by atoms with E-state index in [0.717, 1.165) is 5.56 Å². The van der Waals surface area contributed by atoms with Gasteiger partial charge in [0, 0.05) is 5.56 Å². The Bertz CT molecular complexity index is 1170. The van der Waals surface area contributed by atoms with Crippen LogP contribution in [-0.4, -0.2) is 22.7 Å². The summed E-state index contributed by atoms with van der Waals surface area (Å²) in [7, 11) is 0. The summed E-state index contributed by atoms with van der Waals surface area (Å²) in [5.74, 6) is -0.211. The number of hydrogen-bond acceptors (Lipinski definition) is 4. The lowest BCUT2D eigenvalue weighted by atomic mass is 10.1. The number of aromatic carboxylic acids is 1. The molecule has 0 aliphatic carbocycles. The molecule has 1 aliphatic heterocycles. The number of carbonyl (C=O) groups is 2. The smallest absolute Gasteiger partial charge is 0.335 e. The number of amides is 1. The van der Waals surface area contributed by atoms with Gasteiger partial charge in [0.25, 0.3) is 5.91 Å². The zero-order valence-electron chi connectivity index (χ0n) is 15.9. The lowest BCUT2D eigenvalue weighted by molar-refractivity contribution is -0.114. The number of hydrogen-bond donors (Lipinski definition) is 1. The number of rotatable bonds is 4. The fourth-order valence-electron chi connectivity index (χ4n) is 3.08. The Morgan fingerprint density at radius 1 is 1.07 bits per heavy atom. The highest BCUT2D eigenvalue weighted by atomic mass is 16.4. The standard InChI is InChI=1S/C23H18N2O4/c1-14-6-8-18(9-7-14)25-22(26)20(15(2)24-25)13-19-10-11-21(29-19)16-4-3-5-17(12-16)23(27)28/h3-13H,1-2H3,(H,27,28)/b20-13+. The Hall–Kier alpha value is -3.93. The van der Waals surface area contributed by atoms with Crippen LogP contribution < -0.4 is 5.01 Å². The van der Waals surface area contributed by atoms with Crippen LogP contribution in [0.5, 0.6) is 0 Å². The van der Waals surface area contributed by atoms with Crippen LogP contribution in [0.3, 0.4) is 0 Å². The Balaban J connectivity index is 1.61. The average Bonchev–Trinajstić information content (AvgIpc) is 3.29. The number of furan rings is 1. The fraction of sp³-hybridized carbons (Fsp3) is 0.0870. The molecule has 29 heavy (non-hydrogen) atoms. The van der Waals surface area contributed by atoms with E-state index in [2.05, 4.69) is 5.10 Å². The highest BCUT2D eigenvalue weighted by Crippen LogP contribution is 2.28. The maximum Gasteiger partial charge on any atom is 0.335 e. The van der Waals surface area contributed by atoms with Crippen molar-refractivity contribution in [3.05, 3.63) is 83.1 Å². The third-order valence-corrected chi connectivity index (χ3v) is 4.65. The van der Waals surface area contributed by atoms with Gasteiger partial charge >= 0.3 is 5.97 Å². The Kier molecular flexibility index (Phi) is 4.60. The van der Waals surface area contributed by atoms with Crippen molar-refractivity contribution in [2.45, 2.75) is 13.8 Å². The second-order valence-electron chi connectivity index (χ2n) is 6.78. The lowest BCUT2D eigenvalue weighted by Crippen LogP contribution is -2.21. The van der Waals surface area contributed by atoms with E-state index in [0.29, 0.717) is 34.1 Å². The molecule has 0 bridgehead atoms. The van der Waals surface area contributed by atoms with E-state index >= 15 is 0 Å². The molecule has 0 saturated heterocycles. The highest BCUT2D eigenvalue weighted by Gasteiger charge is 2.29. The van der Waals surface area contributed by atoms with Gasteiger partial charge in [-0.05, 0) is 56.3 Å². The van der Waals surface area contributed by atoms with Crippen molar-refractivity contribution in [1.29, 1.82) is 0 Å². The first kappa shape index (κ1) is 18.4. The van der Waals surface area contributed by atoms with Crippen molar-refractivity contribution in [3.63, 3.8) is 0 Å². The van der Waals surface area contributed by atoms with Gasteiger partial charge in [0.05, 0.1) is 22.5 Å². The van der Waals surface area contributed by atoms with E-state index in [1.807, 2.05) is 31.2 Å². The Labute approximate surface area is 167 Å². The number of carboxylic acids is 1. The van der Waals surface area contributed by atoms with Crippen LogP contribution in [0.25, 0.3) is 17.4 Å². The predicted molar refractivity (Wildman–Crippen MR) is 111 cm³/mol. The first-order valence-corrected chi connectivity index (χ1v) is 9.04. The first-order chi connectivity index (χ1) is 13.9.